The maximum Gasteiger partial charge on any atom is 0.294 e. The zero-order valence-electron chi connectivity index (χ0n) is 20.6. The van der Waals surface area contributed by atoms with Gasteiger partial charge in [-0.3, -0.25) is 4.79 Å². The average molecular weight is 489 g/mol. The van der Waals surface area contributed by atoms with Crippen LogP contribution >= 0.6 is 0 Å². The Hall–Kier alpha value is -4.54. The molecule has 2 heterocycles. The summed E-state index contributed by atoms with van der Waals surface area (Å²) < 4.78 is 11.5. The molecule has 0 fully saturated rings. The minimum atomic E-state index is -0.545. The van der Waals surface area contributed by atoms with Crippen molar-refractivity contribution in [1.82, 2.24) is 30.7 Å². The fourth-order valence-corrected chi connectivity index (χ4v) is 3.66. The number of hydrogen-bond acceptors (Lipinski definition) is 9. The van der Waals surface area contributed by atoms with Gasteiger partial charge in [0.05, 0.1) is 12.3 Å². The Balaban J connectivity index is 1.62. The highest BCUT2D eigenvalue weighted by atomic mass is 16.6. The Kier molecular flexibility index (Phi) is 7.38. The molecule has 0 atom stereocenters. The van der Waals surface area contributed by atoms with E-state index in [9.17, 15) is 4.79 Å². The smallest absolute Gasteiger partial charge is 0.294 e. The summed E-state index contributed by atoms with van der Waals surface area (Å²) in [7, 11) is 0. The van der Waals surface area contributed by atoms with Crippen molar-refractivity contribution in [2.75, 3.05) is 12.3 Å². The molecule has 36 heavy (non-hydrogen) atoms. The third-order valence-corrected chi connectivity index (χ3v) is 5.36. The molecule has 0 aliphatic rings. The predicted molar refractivity (Wildman–Crippen MR) is 135 cm³/mol. The van der Waals surface area contributed by atoms with Crippen LogP contribution in [0.3, 0.4) is 0 Å². The molecule has 0 unspecified atom stereocenters. The highest BCUT2D eigenvalue weighted by Gasteiger charge is 2.25. The highest BCUT2D eigenvalue weighted by molar-refractivity contribution is 6.02. The Labute approximate surface area is 208 Å². The van der Waals surface area contributed by atoms with Crippen molar-refractivity contribution in [2.24, 2.45) is 11.0 Å². The fraction of sp³-hybridized carbons (Fsp3) is 0.280. The average Bonchev–Trinajstić information content (AvgIpc) is 3.49. The molecule has 186 valence electrons. The molecular weight excluding hydrogens is 460 g/mol. The van der Waals surface area contributed by atoms with E-state index in [4.69, 9.17) is 15.1 Å². The number of carbonyl (C=O) groups excluding carboxylic acids is 1. The number of aromatic nitrogens is 5. The van der Waals surface area contributed by atoms with Crippen LogP contribution in [0, 0.1) is 5.92 Å². The molecule has 3 N–H and O–H groups in total. The van der Waals surface area contributed by atoms with Crippen LogP contribution in [0.25, 0.3) is 17.1 Å². The molecule has 0 bridgehead atoms. The first-order valence-electron chi connectivity index (χ1n) is 11.6. The van der Waals surface area contributed by atoms with Crippen LogP contribution in [0.4, 0.5) is 5.82 Å². The van der Waals surface area contributed by atoms with Gasteiger partial charge in [-0.1, -0.05) is 43.3 Å². The number of nitrogens with zero attached hydrogens (tertiary/aromatic N) is 6. The molecule has 0 radical (unpaired) electrons. The topological polar surface area (TPSA) is 146 Å². The molecule has 2 aromatic heterocycles. The number of amides is 1. The van der Waals surface area contributed by atoms with E-state index in [1.165, 1.54) is 10.2 Å². The third-order valence-electron chi connectivity index (χ3n) is 5.36. The van der Waals surface area contributed by atoms with Crippen molar-refractivity contribution < 1.29 is 14.2 Å². The van der Waals surface area contributed by atoms with Gasteiger partial charge < -0.3 is 10.5 Å². The second-order valence-electron chi connectivity index (χ2n) is 8.56. The molecule has 0 spiro atoms. The predicted octanol–water partition coefficient (Wildman–Crippen LogP) is 3.65. The first-order valence-corrected chi connectivity index (χ1v) is 11.6. The van der Waals surface area contributed by atoms with Crippen LogP contribution in [0.2, 0.25) is 0 Å². The maximum absolute atomic E-state index is 13.1. The van der Waals surface area contributed by atoms with Crippen molar-refractivity contribution in [2.45, 2.75) is 34.1 Å². The van der Waals surface area contributed by atoms with Gasteiger partial charge in [0.15, 0.2) is 5.69 Å². The Morgan fingerprint density at radius 1 is 1.14 bits per heavy atom. The van der Waals surface area contributed by atoms with E-state index < -0.39 is 5.91 Å². The zero-order chi connectivity index (χ0) is 25.7. The van der Waals surface area contributed by atoms with E-state index in [1.807, 2.05) is 26.0 Å². The Morgan fingerprint density at radius 2 is 1.86 bits per heavy atom. The normalized spacial score (nSPS) is 11.6. The highest BCUT2D eigenvalue weighted by Crippen LogP contribution is 2.28. The van der Waals surface area contributed by atoms with Crippen molar-refractivity contribution in [3.05, 3.63) is 65.4 Å². The number of hydrazone groups is 1. The van der Waals surface area contributed by atoms with E-state index in [0.29, 0.717) is 35.2 Å². The molecule has 0 saturated heterocycles. The SMILES string of the molecule is CCOc1ccc(-c2c(C(=O)N/N=C(\C)c3ccc(CC(C)C)cc3)nnn2-c2nonc2N)cc1. The van der Waals surface area contributed by atoms with Gasteiger partial charge in [0, 0.05) is 5.56 Å². The molecule has 0 aliphatic carbocycles. The lowest BCUT2D eigenvalue weighted by atomic mass is 10.0. The number of rotatable bonds is 9. The van der Waals surface area contributed by atoms with Crippen molar-refractivity contribution in [3.63, 3.8) is 0 Å². The van der Waals surface area contributed by atoms with Gasteiger partial charge in [-0.15, -0.1) is 5.10 Å². The number of ether oxygens (including phenoxy) is 1. The number of benzene rings is 2. The molecule has 0 aliphatic heterocycles. The number of carbonyl (C=O) groups is 1. The number of nitrogens with two attached hydrogens (primary N) is 1. The minimum Gasteiger partial charge on any atom is -0.494 e. The molecule has 11 nitrogen and oxygen atoms in total. The molecular formula is C25H28N8O3. The minimum absolute atomic E-state index is 0.00817. The fourth-order valence-electron chi connectivity index (χ4n) is 3.66. The van der Waals surface area contributed by atoms with Crippen LogP contribution in [0.5, 0.6) is 5.75 Å². The number of anilines is 1. The lowest BCUT2D eigenvalue weighted by molar-refractivity contribution is 0.0950. The van der Waals surface area contributed by atoms with E-state index in [2.05, 4.69) is 57.1 Å². The van der Waals surface area contributed by atoms with E-state index in [-0.39, 0.29) is 17.3 Å². The van der Waals surface area contributed by atoms with Gasteiger partial charge >= 0.3 is 0 Å². The zero-order valence-corrected chi connectivity index (χ0v) is 20.6. The molecule has 4 rings (SSSR count). The molecule has 2 aromatic carbocycles. The van der Waals surface area contributed by atoms with Gasteiger partial charge in [0.1, 0.15) is 11.4 Å². The molecule has 1 amide bonds. The Bertz CT molecular complexity index is 1350. The lowest BCUT2D eigenvalue weighted by Gasteiger charge is -2.08. The third kappa shape index (κ3) is 5.40. The first-order chi connectivity index (χ1) is 17.4. The molecule has 0 saturated carbocycles. The van der Waals surface area contributed by atoms with E-state index >= 15 is 0 Å². The van der Waals surface area contributed by atoms with Gasteiger partial charge in [-0.2, -0.15) is 9.78 Å². The number of hydrogen-bond donors (Lipinski definition) is 2. The summed E-state index contributed by atoms with van der Waals surface area (Å²) in [6.07, 6.45) is 1.00. The van der Waals surface area contributed by atoms with Crippen LogP contribution in [0.1, 0.15) is 49.3 Å². The standard InChI is InChI=1S/C25H28N8O3/c1-5-35-20-12-10-19(11-13-20)22-21(28-32-33(22)24-23(26)30-36-31-24)25(34)29-27-16(4)18-8-6-17(7-9-18)14-15(2)3/h6-13,15H,5,14H2,1-4H3,(H2,26,30)(H,29,34)/b27-16+. The summed E-state index contributed by atoms with van der Waals surface area (Å²) in [6.45, 7) is 8.62. The van der Waals surface area contributed by atoms with Crippen LogP contribution in [-0.4, -0.2) is 43.5 Å². The van der Waals surface area contributed by atoms with Crippen molar-refractivity contribution in [3.8, 4) is 22.8 Å². The monoisotopic (exact) mass is 488 g/mol. The second kappa shape index (κ2) is 10.8. The number of nitrogens with one attached hydrogen (secondary N) is 1. The van der Waals surface area contributed by atoms with Crippen LogP contribution < -0.4 is 15.9 Å². The summed E-state index contributed by atoms with van der Waals surface area (Å²) in [5.74, 6) is 0.844. The largest absolute Gasteiger partial charge is 0.494 e. The molecule has 11 heteroatoms. The lowest BCUT2D eigenvalue weighted by Crippen LogP contribution is -2.21. The van der Waals surface area contributed by atoms with Gasteiger partial charge in [0.2, 0.25) is 11.6 Å². The van der Waals surface area contributed by atoms with E-state index in [0.717, 1.165) is 12.0 Å². The van der Waals surface area contributed by atoms with Crippen molar-refractivity contribution in [1.29, 1.82) is 0 Å². The Morgan fingerprint density at radius 3 is 2.47 bits per heavy atom. The second-order valence-corrected chi connectivity index (χ2v) is 8.56. The summed E-state index contributed by atoms with van der Waals surface area (Å²) in [5.41, 5.74) is 12.3. The van der Waals surface area contributed by atoms with Gasteiger partial charge in [-0.25, -0.2) is 10.1 Å². The van der Waals surface area contributed by atoms with Crippen molar-refractivity contribution >= 4 is 17.4 Å². The summed E-state index contributed by atoms with van der Waals surface area (Å²) in [6, 6.07) is 15.3. The van der Waals surface area contributed by atoms with Gasteiger partial charge in [-0.05, 0) is 71.9 Å². The molecule has 4 aromatic rings. The summed E-state index contributed by atoms with van der Waals surface area (Å²) >= 11 is 0. The van der Waals surface area contributed by atoms with Crippen LogP contribution in [-0.2, 0) is 6.42 Å². The quantitative estimate of drug-likeness (QED) is 0.268. The summed E-state index contributed by atoms with van der Waals surface area (Å²) in [4.78, 5) is 13.1. The van der Waals surface area contributed by atoms with Crippen LogP contribution in [0.15, 0.2) is 58.3 Å². The summed E-state index contributed by atoms with van der Waals surface area (Å²) in [5, 5.41) is 19.8. The maximum atomic E-state index is 13.1. The van der Waals surface area contributed by atoms with E-state index in [1.54, 1.807) is 24.3 Å². The first kappa shape index (κ1) is 24.6. The van der Waals surface area contributed by atoms with Gasteiger partial charge in [0.25, 0.3) is 5.91 Å². The number of nitrogen functional groups attached to an aromatic ring is 1.